The number of carbonyl (C=O) groups excluding carboxylic acids is 4. The van der Waals surface area contributed by atoms with Crippen molar-refractivity contribution in [2.75, 3.05) is 26.1 Å². The number of thiophene rings is 1. The standard InChI is InChI=1S/C21H16ClNO7S/c1-28-19(25)11-7-12(20(26)29-2)9-13(8-11)23-16(24)10-30-21(27)18-17(22)14-5-3-4-6-15(14)31-18/h3-9H,10H2,1-2H3,(H,23,24). The van der Waals surface area contributed by atoms with Crippen molar-refractivity contribution in [2.45, 2.75) is 0 Å². The molecule has 0 fully saturated rings. The maximum atomic E-state index is 12.4. The quantitative estimate of drug-likeness (QED) is 0.437. The van der Waals surface area contributed by atoms with Gasteiger partial charge in [0.15, 0.2) is 6.61 Å². The molecule has 0 saturated heterocycles. The van der Waals surface area contributed by atoms with E-state index < -0.39 is 30.4 Å². The largest absolute Gasteiger partial charge is 0.465 e. The predicted octanol–water partition coefficient (Wildman–Crippen LogP) is 3.92. The second-order valence-corrected chi connectivity index (χ2v) is 7.58. The summed E-state index contributed by atoms with van der Waals surface area (Å²) < 4.78 is 15.2. The number of ether oxygens (including phenoxy) is 3. The molecule has 3 aromatic rings. The Hall–Kier alpha value is -3.43. The fraction of sp³-hybridized carbons (Fsp3) is 0.143. The first-order valence-corrected chi connectivity index (χ1v) is 9.99. The monoisotopic (exact) mass is 461 g/mol. The van der Waals surface area contributed by atoms with Crippen molar-refractivity contribution >= 4 is 62.5 Å². The average Bonchev–Trinajstić information content (AvgIpc) is 3.12. The molecule has 160 valence electrons. The van der Waals surface area contributed by atoms with Gasteiger partial charge in [-0.2, -0.15) is 0 Å². The number of carbonyl (C=O) groups is 4. The lowest BCUT2D eigenvalue weighted by atomic mass is 10.1. The van der Waals surface area contributed by atoms with Gasteiger partial charge in [-0.1, -0.05) is 29.8 Å². The van der Waals surface area contributed by atoms with Crippen LogP contribution in [0.3, 0.4) is 0 Å². The summed E-state index contributed by atoms with van der Waals surface area (Å²) in [6.45, 7) is -0.598. The van der Waals surface area contributed by atoms with Crippen molar-refractivity contribution in [3.63, 3.8) is 0 Å². The number of anilines is 1. The summed E-state index contributed by atoms with van der Waals surface area (Å²) >= 11 is 7.40. The van der Waals surface area contributed by atoms with Crippen molar-refractivity contribution in [2.24, 2.45) is 0 Å². The zero-order valence-corrected chi connectivity index (χ0v) is 18.0. The van der Waals surface area contributed by atoms with Gasteiger partial charge in [0.2, 0.25) is 0 Å². The minimum Gasteiger partial charge on any atom is -0.465 e. The van der Waals surface area contributed by atoms with Crippen molar-refractivity contribution in [1.29, 1.82) is 0 Å². The van der Waals surface area contributed by atoms with Crippen LogP contribution in [0, 0.1) is 0 Å². The topological polar surface area (TPSA) is 108 Å². The molecular formula is C21H16ClNO7S. The number of halogens is 1. The molecule has 0 bridgehead atoms. The Morgan fingerprint density at radius 3 is 2.13 bits per heavy atom. The average molecular weight is 462 g/mol. The Morgan fingerprint density at radius 1 is 0.935 bits per heavy atom. The van der Waals surface area contributed by atoms with Crippen LogP contribution in [0.4, 0.5) is 5.69 Å². The summed E-state index contributed by atoms with van der Waals surface area (Å²) in [7, 11) is 2.37. The highest BCUT2D eigenvalue weighted by molar-refractivity contribution is 7.21. The van der Waals surface area contributed by atoms with Crippen LogP contribution in [-0.2, 0) is 19.0 Å². The second kappa shape index (κ2) is 9.59. The van der Waals surface area contributed by atoms with Crippen LogP contribution in [0.25, 0.3) is 10.1 Å². The summed E-state index contributed by atoms with van der Waals surface area (Å²) in [5.74, 6) is -2.82. The smallest absolute Gasteiger partial charge is 0.350 e. The summed E-state index contributed by atoms with van der Waals surface area (Å²) in [6.07, 6.45) is 0. The summed E-state index contributed by atoms with van der Waals surface area (Å²) in [4.78, 5) is 48.5. The maximum absolute atomic E-state index is 12.4. The van der Waals surface area contributed by atoms with E-state index in [4.69, 9.17) is 16.3 Å². The van der Waals surface area contributed by atoms with E-state index >= 15 is 0 Å². The summed E-state index contributed by atoms with van der Waals surface area (Å²) in [6, 6.07) is 11.1. The van der Waals surface area contributed by atoms with Crippen molar-refractivity contribution in [1.82, 2.24) is 0 Å². The molecule has 0 unspecified atom stereocenters. The van der Waals surface area contributed by atoms with Crippen molar-refractivity contribution < 1.29 is 33.4 Å². The Kier molecular flexibility index (Phi) is 6.88. The molecule has 0 atom stereocenters. The molecule has 0 spiro atoms. The van der Waals surface area contributed by atoms with Crippen molar-refractivity contribution in [3.8, 4) is 0 Å². The Morgan fingerprint density at radius 2 is 1.55 bits per heavy atom. The van der Waals surface area contributed by atoms with E-state index in [9.17, 15) is 19.2 Å². The van der Waals surface area contributed by atoms with Gasteiger partial charge in [0.1, 0.15) is 4.88 Å². The normalized spacial score (nSPS) is 10.4. The highest BCUT2D eigenvalue weighted by atomic mass is 35.5. The van der Waals surface area contributed by atoms with E-state index in [0.717, 1.165) is 21.4 Å². The SMILES string of the molecule is COC(=O)c1cc(NC(=O)COC(=O)c2sc3ccccc3c2Cl)cc(C(=O)OC)c1. The molecule has 0 aliphatic carbocycles. The van der Waals surface area contributed by atoms with Crippen LogP contribution in [-0.4, -0.2) is 44.6 Å². The molecule has 1 heterocycles. The fourth-order valence-electron chi connectivity index (χ4n) is 2.71. The van der Waals surface area contributed by atoms with Gasteiger partial charge in [-0.05, 0) is 24.3 Å². The first-order chi connectivity index (χ1) is 14.8. The first kappa shape index (κ1) is 22.3. The number of rotatable bonds is 6. The lowest BCUT2D eigenvalue weighted by Gasteiger charge is -2.10. The molecule has 1 aromatic heterocycles. The zero-order valence-electron chi connectivity index (χ0n) is 16.4. The molecule has 0 aliphatic rings. The minimum absolute atomic E-state index is 0.0368. The molecule has 1 amide bonds. The third-order valence-corrected chi connectivity index (χ3v) is 5.77. The molecule has 1 N–H and O–H groups in total. The van der Waals surface area contributed by atoms with E-state index in [-0.39, 0.29) is 26.7 Å². The molecule has 0 aliphatic heterocycles. The number of nitrogens with one attached hydrogen (secondary N) is 1. The van der Waals surface area contributed by atoms with Gasteiger partial charge in [-0.3, -0.25) is 4.79 Å². The van der Waals surface area contributed by atoms with Gasteiger partial charge < -0.3 is 19.5 Å². The fourth-order valence-corrected chi connectivity index (χ4v) is 4.11. The first-order valence-electron chi connectivity index (χ1n) is 8.79. The number of benzene rings is 2. The number of methoxy groups -OCH3 is 2. The van der Waals surface area contributed by atoms with Crippen LogP contribution < -0.4 is 5.32 Å². The van der Waals surface area contributed by atoms with E-state index in [2.05, 4.69) is 14.8 Å². The zero-order chi connectivity index (χ0) is 22.5. The summed E-state index contributed by atoms with van der Waals surface area (Å²) in [5, 5.41) is 3.45. The lowest BCUT2D eigenvalue weighted by molar-refractivity contribution is -0.119. The van der Waals surface area contributed by atoms with Gasteiger partial charge in [0.05, 0.1) is 30.4 Å². The summed E-state index contributed by atoms with van der Waals surface area (Å²) in [5.41, 5.74) is 0.203. The minimum atomic E-state index is -0.736. The third-order valence-electron chi connectivity index (χ3n) is 4.11. The Balaban J connectivity index is 1.71. The molecule has 2 aromatic carbocycles. The molecule has 0 saturated carbocycles. The number of esters is 3. The van der Waals surface area contributed by atoms with Gasteiger partial charge in [0.25, 0.3) is 5.91 Å². The van der Waals surface area contributed by atoms with Gasteiger partial charge in [-0.25, -0.2) is 14.4 Å². The van der Waals surface area contributed by atoms with E-state index in [1.54, 1.807) is 12.1 Å². The van der Waals surface area contributed by atoms with Crippen LogP contribution in [0.2, 0.25) is 5.02 Å². The van der Waals surface area contributed by atoms with Crippen LogP contribution in [0.5, 0.6) is 0 Å². The highest BCUT2D eigenvalue weighted by Gasteiger charge is 2.20. The maximum Gasteiger partial charge on any atom is 0.350 e. The molecule has 3 rings (SSSR count). The highest BCUT2D eigenvalue weighted by Crippen LogP contribution is 2.35. The molecular weight excluding hydrogens is 446 g/mol. The van der Waals surface area contributed by atoms with Crippen LogP contribution in [0.1, 0.15) is 30.4 Å². The number of fused-ring (bicyclic) bond motifs is 1. The van der Waals surface area contributed by atoms with E-state index in [1.165, 1.54) is 32.4 Å². The van der Waals surface area contributed by atoms with Gasteiger partial charge in [-0.15, -0.1) is 11.3 Å². The van der Waals surface area contributed by atoms with E-state index in [1.807, 2.05) is 12.1 Å². The van der Waals surface area contributed by atoms with Crippen LogP contribution >= 0.6 is 22.9 Å². The lowest BCUT2D eigenvalue weighted by Crippen LogP contribution is -2.21. The van der Waals surface area contributed by atoms with Crippen molar-refractivity contribution in [3.05, 3.63) is 63.5 Å². The molecule has 31 heavy (non-hydrogen) atoms. The number of hydrogen-bond donors (Lipinski definition) is 1. The number of amides is 1. The van der Waals surface area contributed by atoms with Gasteiger partial charge in [0, 0.05) is 15.8 Å². The predicted molar refractivity (Wildman–Crippen MR) is 115 cm³/mol. The van der Waals surface area contributed by atoms with E-state index in [0.29, 0.717) is 0 Å². The number of hydrogen-bond acceptors (Lipinski definition) is 8. The third kappa shape index (κ3) is 5.01. The molecule has 8 nitrogen and oxygen atoms in total. The van der Waals surface area contributed by atoms with Crippen LogP contribution in [0.15, 0.2) is 42.5 Å². The van der Waals surface area contributed by atoms with Gasteiger partial charge >= 0.3 is 17.9 Å². The molecule has 0 radical (unpaired) electrons. The Labute approximate surface area is 185 Å². The molecule has 10 heteroatoms. The second-order valence-electron chi connectivity index (χ2n) is 6.15. The Bertz CT molecular complexity index is 1150.